The predicted molar refractivity (Wildman–Crippen MR) is 96.0 cm³/mol. The molecule has 0 radical (unpaired) electrons. The van der Waals surface area contributed by atoms with E-state index in [0.717, 1.165) is 18.0 Å². The summed E-state index contributed by atoms with van der Waals surface area (Å²) in [6.07, 6.45) is 1.65. The minimum absolute atomic E-state index is 0.152. The quantitative estimate of drug-likeness (QED) is 0.779. The average molecular weight is 328 g/mol. The van der Waals surface area contributed by atoms with E-state index in [4.69, 9.17) is 4.74 Å². The zero-order valence-electron chi connectivity index (χ0n) is 14.4. The van der Waals surface area contributed by atoms with Gasteiger partial charge in [0.05, 0.1) is 17.9 Å². The molecule has 0 aliphatic carbocycles. The van der Waals surface area contributed by atoms with Crippen LogP contribution < -0.4 is 15.4 Å². The van der Waals surface area contributed by atoms with E-state index in [1.165, 1.54) is 0 Å². The van der Waals surface area contributed by atoms with Crippen molar-refractivity contribution in [1.82, 2.24) is 15.2 Å². The van der Waals surface area contributed by atoms with E-state index in [1.54, 1.807) is 18.3 Å². The minimum Gasteiger partial charge on any atom is -0.492 e. The second kappa shape index (κ2) is 8.88. The van der Waals surface area contributed by atoms with Crippen molar-refractivity contribution in [3.63, 3.8) is 0 Å². The molecule has 0 fully saturated rings. The Morgan fingerprint density at radius 1 is 1.21 bits per heavy atom. The van der Waals surface area contributed by atoms with Crippen molar-refractivity contribution < 1.29 is 9.53 Å². The number of anilines is 2. The van der Waals surface area contributed by atoms with Crippen molar-refractivity contribution in [1.29, 1.82) is 0 Å². The molecule has 6 heteroatoms. The van der Waals surface area contributed by atoms with Crippen molar-refractivity contribution in [3.05, 3.63) is 48.2 Å². The number of hydrogen-bond donors (Lipinski definition) is 2. The van der Waals surface area contributed by atoms with E-state index < -0.39 is 0 Å². The Labute approximate surface area is 142 Å². The molecule has 0 saturated heterocycles. The molecular weight excluding hydrogens is 304 g/mol. The molecule has 1 aromatic heterocycles. The zero-order chi connectivity index (χ0) is 17.4. The van der Waals surface area contributed by atoms with E-state index in [0.29, 0.717) is 24.5 Å². The normalized spacial score (nSPS) is 10.5. The lowest BCUT2D eigenvalue weighted by molar-refractivity contribution is 0.0951. The Morgan fingerprint density at radius 2 is 2.00 bits per heavy atom. The summed E-state index contributed by atoms with van der Waals surface area (Å²) >= 11 is 0. The third kappa shape index (κ3) is 4.96. The van der Waals surface area contributed by atoms with E-state index in [1.807, 2.05) is 50.2 Å². The number of rotatable bonds is 8. The Bertz CT molecular complexity index is 674. The van der Waals surface area contributed by atoms with E-state index in [2.05, 4.69) is 15.6 Å². The largest absolute Gasteiger partial charge is 0.492 e. The lowest BCUT2D eigenvalue weighted by Gasteiger charge is -2.15. The summed E-state index contributed by atoms with van der Waals surface area (Å²) in [4.78, 5) is 18.7. The van der Waals surface area contributed by atoms with Crippen LogP contribution in [0.3, 0.4) is 0 Å². The minimum atomic E-state index is -0.152. The number of amides is 1. The molecular formula is C18H24N4O2. The third-order valence-electron chi connectivity index (χ3n) is 3.34. The molecule has 2 rings (SSSR count). The number of nitrogens with zero attached hydrogens (tertiary/aromatic N) is 2. The van der Waals surface area contributed by atoms with Crippen molar-refractivity contribution in [2.75, 3.05) is 39.1 Å². The smallest absolute Gasteiger partial charge is 0.255 e. The molecule has 1 aromatic carbocycles. The maximum atomic E-state index is 12.4. The van der Waals surface area contributed by atoms with E-state index >= 15 is 0 Å². The van der Waals surface area contributed by atoms with Gasteiger partial charge in [0.25, 0.3) is 5.91 Å². The number of aromatic nitrogens is 1. The molecule has 0 spiro atoms. The first-order valence-corrected chi connectivity index (χ1v) is 7.98. The van der Waals surface area contributed by atoms with Gasteiger partial charge in [-0.15, -0.1) is 0 Å². The molecule has 0 saturated carbocycles. The number of hydrogen-bond acceptors (Lipinski definition) is 5. The van der Waals surface area contributed by atoms with Crippen molar-refractivity contribution in [2.45, 2.75) is 6.92 Å². The Hall–Kier alpha value is -2.60. The highest BCUT2D eigenvalue weighted by Crippen LogP contribution is 2.27. The monoisotopic (exact) mass is 328 g/mol. The first kappa shape index (κ1) is 17.7. The van der Waals surface area contributed by atoms with Gasteiger partial charge in [-0.1, -0.05) is 12.1 Å². The summed E-state index contributed by atoms with van der Waals surface area (Å²) in [5.74, 6) is 1.08. The number of pyridine rings is 1. The number of benzene rings is 1. The molecule has 1 heterocycles. The topological polar surface area (TPSA) is 66.5 Å². The van der Waals surface area contributed by atoms with E-state index in [9.17, 15) is 4.79 Å². The maximum absolute atomic E-state index is 12.4. The standard InChI is InChI=1S/C18H24N4O2/c1-4-24-16-10-6-5-9-15(16)21-17-14(8-7-11-19-17)18(23)20-12-13-22(2)3/h5-11H,4,12-13H2,1-3H3,(H,19,21)(H,20,23). The summed E-state index contributed by atoms with van der Waals surface area (Å²) in [5, 5.41) is 6.10. The van der Waals surface area contributed by atoms with Crippen LogP contribution in [0.1, 0.15) is 17.3 Å². The second-order valence-corrected chi connectivity index (χ2v) is 5.51. The second-order valence-electron chi connectivity index (χ2n) is 5.51. The van der Waals surface area contributed by atoms with Crippen LogP contribution in [-0.2, 0) is 0 Å². The summed E-state index contributed by atoms with van der Waals surface area (Å²) in [6.45, 7) is 3.86. The van der Waals surface area contributed by atoms with Gasteiger partial charge in [0.1, 0.15) is 11.6 Å². The number of ether oxygens (including phenoxy) is 1. The lowest BCUT2D eigenvalue weighted by atomic mass is 10.2. The van der Waals surface area contributed by atoms with Crippen LogP contribution in [0.4, 0.5) is 11.5 Å². The fourth-order valence-electron chi connectivity index (χ4n) is 2.16. The van der Waals surface area contributed by atoms with Gasteiger partial charge in [0.15, 0.2) is 0 Å². The third-order valence-corrected chi connectivity index (χ3v) is 3.34. The average Bonchev–Trinajstić information content (AvgIpc) is 2.57. The van der Waals surface area contributed by atoms with Crippen LogP contribution in [0.25, 0.3) is 0 Å². The molecule has 0 aliphatic heterocycles. The molecule has 0 aliphatic rings. The molecule has 0 atom stereocenters. The number of likely N-dealkylation sites (N-methyl/N-ethyl adjacent to an activating group) is 1. The van der Waals surface area contributed by atoms with Gasteiger partial charge in [0, 0.05) is 19.3 Å². The summed E-state index contributed by atoms with van der Waals surface area (Å²) in [6, 6.07) is 11.1. The van der Waals surface area contributed by atoms with Crippen molar-refractivity contribution in [3.8, 4) is 5.75 Å². The highest BCUT2D eigenvalue weighted by molar-refractivity contribution is 5.99. The fraction of sp³-hybridized carbons (Fsp3) is 0.333. The molecule has 2 N–H and O–H groups in total. The van der Waals surface area contributed by atoms with Crippen LogP contribution in [0, 0.1) is 0 Å². The molecule has 128 valence electrons. The number of nitrogens with one attached hydrogen (secondary N) is 2. The summed E-state index contributed by atoms with van der Waals surface area (Å²) in [5.41, 5.74) is 1.28. The van der Waals surface area contributed by atoms with Crippen molar-refractivity contribution >= 4 is 17.4 Å². The van der Waals surface area contributed by atoms with Crippen LogP contribution in [-0.4, -0.2) is 49.6 Å². The Kier molecular flexibility index (Phi) is 6.57. The van der Waals surface area contributed by atoms with Crippen LogP contribution in [0.2, 0.25) is 0 Å². The predicted octanol–water partition coefficient (Wildman–Crippen LogP) is 2.52. The Balaban J connectivity index is 2.16. The highest BCUT2D eigenvalue weighted by atomic mass is 16.5. The van der Waals surface area contributed by atoms with Crippen LogP contribution >= 0.6 is 0 Å². The van der Waals surface area contributed by atoms with Gasteiger partial charge in [0.2, 0.25) is 0 Å². The molecule has 0 unspecified atom stereocenters. The Morgan fingerprint density at radius 3 is 2.75 bits per heavy atom. The molecule has 24 heavy (non-hydrogen) atoms. The zero-order valence-corrected chi connectivity index (χ0v) is 14.4. The van der Waals surface area contributed by atoms with Gasteiger partial charge in [-0.3, -0.25) is 4.79 Å². The summed E-state index contributed by atoms with van der Waals surface area (Å²) < 4.78 is 5.60. The first-order valence-electron chi connectivity index (χ1n) is 7.98. The van der Waals surface area contributed by atoms with Gasteiger partial charge in [-0.2, -0.15) is 0 Å². The molecule has 2 aromatic rings. The van der Waals surface area contributed by atoms with Crippen LogP contribution in [0.5, 0.6) is 5.75 Å². The number of carbonyl (C=O) groups is 1. The number of para-hydroxylation sites is 2. The molecule has 6 nitrogen and oxygen atoms in total. The summed E-state index contributed by atoms with van der Waals surface area (Å²) in [7, 11) is 3.93. The van der Waals surface area contributed by atoms with Gasteiger partial charge in [-0.05, 0) is 45.3 Å². The highest BCUT2D eigenvalue weighted by Gasteiger charge is 2.13. The fourth-order valence-corrected chi connectivity index (χ4v) is 2.16. The molecule has 1 amide bonds. The van der Waals surface area contributed by atoms with Gasteiger partial charge < -0.3 is 20.3 Å². The number of carbonyl (C=O) groups excluding carboxylic acids is 1. The van der Waals surface area contributed by atoms with Crippen molar-refractivity contribution in [2.24, 2.45) is 0 Å². The van der Waals surface area contributed by atoms with E-state index in [-0.39, 0.29) is 5.91 Å². The maximum Gasteiger partial charge on any atom is 0.255 e. The van der Waals surface area contributed by atoms with Gasteiger partial charge >= 0.3 is 0 Å². The first-order chi connectivity index (χ1) is 11.6. The SMILES string of the molecule is CCOc1ccccc1Nc1ncccc1C(=O)NCCN(C)C. The lowest BCUT2D eigenvalue weighted by Crippen LogP contribution is -2.31. The van der Waals surface area contributed by atoms with Crippen LogP contribution in [0.15, 0.2) is 42.6 Å². The van der Waals surface area contributed by atoms with Gasteiger partial charge in [-0.25, -0.2) is 4.98 Å². The molecule has 0 bridgehead atoms.